The summed E-state index contributed by atoms with van der Waals surface area (Å²) in [6.07, 6.45) is 8.86. The first-order chi connectivity index (χ1) is 10.5. The summed E-state index contributed by atoms with van der Waals surface area (Å²) < 4.78 is 0. The number of aliphatic hydroxyl groups is 2. The minimum Gasteiger partial charge on any atom is -0.396 e. The van der Waals surface area contributed by atoms with E-state index in [1.807, 2.05) is 6.08 Å². The van der Waals surface area contributed by atoms with Gasteiger partial charge in [-0.25, -0.2) is 0 Å². The Morgan fingerprint density at radius 2 is 2.05 bits per heavy atom. The van der Waals surface area contributed by atoms with Crippen molar-refractivity contribution >= 4 is 5.78 Å². The number of ketones is 1. The molecule has 0 heterocycles. The molecule has 4 aliphatic carbocycles. The molecule has 22 heavy (non-hydrogen) atoms. The van der Waals surface area contributed by atoms with Crippen LogP contribution >= 0.6 is 0 Å². The molecule has 0 bridgehead atoms. The van der Waals surface area contributed by atoms with Gasteiger partial charge in [0, 0.05) is 18.9 Å². The molecule has 122 valence electrons. The van der Waals surface area contributed by atoms with Gasteiger partial charge in [0.25, 0.3) is 0 Å². The van der Waals surface area contributed by atoms with Gasteiger partial charge in [-0.2, -0.15) is 0 Å². The zero-order valence-corrected chi connectivity index (χ0v) is 13.5. The molecular formula is C19H28O3. The summed E-state index contributed by atoms with van der Waals surface area (Å²) in [4.78, 5) is 11.7. The molecule has 4 aliphatic rings. The van der Waals surface area contributed by atoms with Crippen molar-refractivity contribution in [2.45, 2.75) is 58.0 Å². The van der Waals surface area contributed by atoms with Gasteiger partial charge < -0.3 is 10.2 Å². The zero-order chi connectivity index (χ0) is 15.5. The number of rotatable bonds is 1. The lowest BCUT2D eigenvalue weighted by Crippen LogP contribution is -2.47. The largest absolute Gasteiger partial charge is 0.396 e. The summed E-state index contributed by atoms with van der Waals surface area (Å²) in [6, 6.07) is 0. The molecule has 0 aromatic heterocycles. The Morgan fingerprint density at radius 3 is 2.82 bits per heavy atom. The van der Waals surface area contributed by atoms with Gasteiger partial charge in [-0.3, -0.25) is 4.79 Å². The summed E-state index contributed by atoms with van der Waals surface area (Å²) in [5.74, 6) is 2.95. The normalized spacial score (nSPS) is 50.9. The van der Waals surface area contributed by atoms with Gasteiger partial charge in [0.2, 0.25) is 0 Å². The van der Waals surface area contributed by atoms with Crippen LogP contribution in [0.15, 0.2) is 11.6 Å². The minimum atomic E-state index is -0.340. The van der Waals surface area contributed by atoms with E-state index in [9.17, 15) is 15.0 Å². The molecule has 0 radical (unpaired) electrons. The predicted octanol–water partition coefficient (Wildman–Crippen LogP) is 2.71. The van der Waals surface area contributed by atoms with Crippen LogP contribution in [0.2, 0.25) is 0 Å². The predicted molar refractivity (Wildman–Crippen MR) is 84.1 cm³/mol. The van der Waals surface area contributed by atoms with Crippen LogP contribution < -0.4 is 0 Å². The van der Waals surface area contributed by atoms with E-state index in [-0.39, 0.29) is 24.0 Å². The lowest BCUT2D eigenvalue weighted by Gasteiger charge is -2.53. The average molecular weight is 304 g/mol. The molecule has 7 atom stereocenters. The van der Waals surface area contributed by atoms with Crippen molar-refractivity contribution in [3.8, 4) is 0 Å². The molecule has 0 saturated heterocycles. The van der Waals surface area contributed by atoms with Crippen LogP contribution in [-0.2, 0) is 4.79 Å². The van der Waals surface area contributed by atoms with Crippen LogP contribution in [0.5, 0.6) is 0 Å². The van der Waals surface area contributed by atoms with E-state index in [1.165, 1.54) is 18.4 Å². The third-order valence-corrected chi connectivity index (χ3v) is 7.65. The van der Waals surface area contributed by atoms with E-state index >= 15 is 0 Å². The van der Waals surface area contributed by atoms with E-state index in [4.69, 9.17) is 0 Å². The van der Waals surface area contributed by atoms with Gasteiger partial charge >= 0.3 is 0 Å². The van der Waals surface area contributed by atoms with E-state index in [0.29, 0.717) is 29.5 Å². The van der Waals surface area contributed by atoms with Crippen molar-refractivity contribution in [3.05, 3.63) is 11.6 Å². The quantitative estimate of drug-likeness (QED) is 0.783. The fourth-order valence-corrected chi connectivity index (χ4v) is 6.51. The highest BCUT2D eigenvalue weighted by Crippen LogP contribution is 2.62. The molecule has 3 fully saturated rings. The first-order valence-corrected chi connectivity index (χ1v) is 9.07. The van der Waals surface area contributed by atoms with Gasteiger partial charge in [-0.05, 0) is 73.7 Å². The van der Waals surface area contributed by atoms with Crippen LogP contribution in [0.1, 0.15) is 51.9 Å². The molecule has 0 amide bonds. The summed E-state index contributed by atoms with van der Waals surface area (Å²) in [5.41, 5.74) is 1.42. The van der Waals surface area contributed by atoms with Crippen LogP contribution in [0.25, 0.3) is 0 Å². The molecule has 3 heteroatoms. The highest BCUT2D eigenvalue weighted by Gasteiger charge is 2.58. The fourth-order valence-electron chi connectivity index (χ4n) is 6.51. The van der Waals surface area contributed by atoms with E-state index < -0.39 is 0 Å². The van der Waals surface area contributed by atoms with Crippen molar-refractivity contribution in [3.63, 3.8) is 0 Å². The summed E-state index contributed by atoms with van der Waals surface area (Å²) in [7, 11) is 0. The van der Waals surface area contributed by atoms with E-state index in [1.54, 1.807) is 0 Å². The first-order valence-electron chi connectivity index (χ1n) is 9.07. The van der Waals surface area contributed by atoms with Gasteiger partial charge in [0.05, 0.1) is 6.10 Å². The van der Waals surface area contributed by atoms with E-state index in [0.717, 1.165) is 32.1 Å². The maximum atomic E-state index is 11.7. The summed E-state index contributed by atoms with van der Waals surface area (Å²) >= 11 is 0. The molecule has 0 aromatic rings. The number of carbonyl (C=O) groups is 1. The summed E-state index contributed by atoms with van der Waals surface area (Å²) in [5, 5.41) is 20.3. The van der Waals surface area contributed by atoms with Gasteiger partial charge in [-0.1, -0.05) is 12.5 Å². The van der Waals surface area contributed by atoms with Gasteiger partial charge in [0.15, 0.2) is 5.78 Å². The lowest BCUT2D eigenvalue weighted by atomic mass is 9.52. The molecular weight excluding hydrogens is 276 g/mol. The van der Waals surface area contributed by atoms with Crippen LogP contribution in [-0.4, -0.2) is 28.7 Å². The molecule has 0 spiro atoms. The van der Waals surface area contributed by atoms with Crippen molar-refractivity contribution in [2.24, 2.45) is 35.0 Å². The second-order valence-corrected chi connectivity index (χ2v) is 8.47. The number of allylic oxidation sites excluding steroid dienone is 1. The molecule has 4 rings (SSSR count). The molecule has 0 aliphatic heterocycles. The van der Waals surface area contributed by atoms with Crippen molar-refractivity contribution in [2.75, 3.05) is 6.61 Å². The highest BCUT2D eigenvalue weighted by atomic mass is 16.3. The summed E-state index contributed by atoms with van der Waals surface area (Å²) in [6.45, 7) is 2.37. The number of carbonyl (C=O) groups excluding carboxylic acids is 1. The Bertz CT molecular complexity index is 511. The first kappa shape index (κ1) is 14.9. The third-order valence-electron chi connectivity index (χ3n) is 7.65. The maximum Gasteiger partial charge on any atom is 0.155 e. The molecule has 3 saturated carbocycles. The van der Waals surface area contributed by atoms with Crippen LogP contribution in [0.3, 0.4) is 0 Å². The van der Waals surface area contributed by atoms with Crippen LogP contribution in [0.4, 0.5) is 0 Å². The second-order valence-electron chi connectivity index (χ2n) is 8.47. The Morgan fingerprint density at radius 1 is 1.23 bits per heavy atom. The molecule has 0 unspecified atom stereocenters. The smallest absolute Gasteiger partial charge is 0.155 e. The number of hydrogen-bond acceptors (Lipinski definition) is 3. The highest BCUT2D eigenvalue weighted by molar-refractivity contribution is 5.91. The maximum absolute atomic E-state index is 11.7. The standard InChI is InChI=1S/C19H28O3/c1-19-7-6-15-14-5-3-13(21)8-11(14)2-4-16(15)17(19)9-12(10-20)18(19)22/h8,12,14-18,20,22H,2-7,9-10H2,1H3/t12-,14-,15+,16+,17-,18-,19-/m0/s1. The van der Waals surface area contributed by atoms with Crippen molar-refractivity contribution in [1.29, 1.82) is 0 Å². The van der Waals surface area contributed by atoms with Gasteiger partial charge in [-0.15, -0.1) is 0 Å². The SMILES string of the molecule is C[C@]12CC[C@H]3[C@@H](CCC4=CC(=O)CC[C@@H]43)[C@@H]1C[C@@H](CO)[C@@H]2O. The number of aliphatic hydroxyl groups excluding tert-OH is 2. The van der Waals surface area contributed by atoms with E-state index in [2.05, 4.69) is 6.92 Å². The third kappa shape index (κ3) is 1.98. The Labute approximate surface area is 132 Å². The molecule has 0 aromatic carbocycles. The number of hydrogen-bond donors (Lipinski definition) is 2. The molecule has 2 N–H and O–H groups in total. The Balaban J connectivity index is 1.62. The monoisotopic (exact) mass is 304 g/mol. The minimum absolute atomic E-state index is 0.000265. The zero-order valence-electron chi connectivity index (χ0n) is 13.5. The molecule has 3 nitrogen and oxygen atoms in total. The second kappa shape index (κ2) is 5.17. The topological polar surface area (TPSA) is 57.5 Å². The lowest BCUT2D eigenvalue weighted by molar-refractivity contribution is -0.116. The van der Waals surface area contributed by atoms with Crippen LogP contribution in [0, 0.1) is 35.0 Å². The Hall–Kier alpha value is -0.670. The number of fused-ring (bicyclic) bond motifs is 5. The Kier molecular flexibility index (Phi) is 3.50. The van der Waals surface area contributed by atoms with Crippen molar-refractivity contribution in [1.82, 2.24) is 0 Å². The fraction of sp³-hybridized carbons (Fsp3) is 0.842. The average Bonchev–Trinajstić information content (AvgIpc) is 2.78. The van der Waals surface area contributed by atoms with Crippen molar-refractivity contribution < 1.29 is 15.0 Å². The van der Waals surface area contributed by atoms with Gasteiger partial charge in [0.1, 0.15) is 0 Å².